The van der Waals surface area contributed by atoms with E-state index < -0.39 is 6.10 Å². The van der Waals surface area contributed by atoms with Gasteiger partial charge in [-0.1, -0.05) is 13.8 Å². The van der Waals surface area contributed by atoms with Crippen LogP contribution in [0.4, 0.5) is 4.39 Å². The molecule has 0 saturated carbocycles. The van der Waals surface area contributed by atoms with Crippen molar-refractivity contribution in [3.05, 3.63) is 34.6 Å². The van der Waals surface area contributed by atoms with E-state index in [1.54, 1.807) is 13.8 Å². The van der Waals surface area contributed by atoms with Crippen LogP contribution in [0.15, 0.2) is 12.1 Å². The van der Waals surface area contributed by atoms with Crippen molar-refractivity contribution >= 4 is 5.91 Å². The van der Waals surface area contributed by atoms with Gasteiger partial charge in [0.25, 0.3) is 5.91 Å². The summed E-state index contributed by atoms with van der Waals surface area (Å²) in [6.45, 7) is 7.50. The molecule has 3 nitrogen and oxygen atoms in total. The number of rotatable bonds is 5. The summed E-state index contributed by atoms with van der Waals surface area (Å²) in [4.78, 5) is 11.9. The van der Waals surface area contributed by atoms with Crippen LogP contribution in [0.3, 0.4) is 0 Å². The SMILES string of the molecule is Cc1cc(C(=O)NCC(O)CC(C)C)cc(C)c1F. The van der Waals surface area contributed by atoms with Gasteiger partial charge in [0.15, 0.2) is 0 Å². The molecule has 0 bridgehead atoms. The molecule has 1 atom stereocenters. The van der Waals surface area contributed by atoms with Gasteiger partial charge in [-0.2, -0.15) is 0 Å². The van der Waals surface area contributed by atoms with Crippen LogP contribution < -0.4 is 5.32 Å². The van der Waals surface area contributed by atoms with E-state index in [9.17, 15) is 14.3 Å². The first-order valence-corrected chi connectivity index (χ1v) is 6.54. The summed E-state index contributed by atoms with van der Waals surface area (Å²) in [6, 6.07) is 3.04. The van der Waals surface area contributed by atoms with E-state index in [1.807, 2.05) is 13.8 Å². The zero-order valence-corrected chi connectivity index (χ0v) is 12.0. The Hall–Kier alpha value is -1.42. The first-order chi connectivity index (χ1) is 8.81. The van der Waals surface area contributed by atoms with Crippen molar-refractivity contribution in [3.8, 4) is 0 Å². The summed E-state index contributed by atoms with van der Waals surface area (Å²) >= 11 is 0. The van der Waals surface area contributed by atoms with Gasteiger partial charge < -0.3 is 10.4 Å². The Bertz CT molecular complexity index is 434. The van der Waals surface area contributed by atoms with Crippen molar-refractivity contribution in [2.45, 2.75) is 40.2 Å². The van der Waals surface area contributed by atoms with Gasteiger partial charge in [0.05, 0.1) is 6.10 Å². The van der Waals surface area contributed by atoms with Crippen LogP contribution in [-0.4, -0.2) is 23.7 Å². The molecule has 4 heteroatoms. The zero-order chi connectivity index (χ0) is 14.6. The Morgan fingerprint density at radius 3 is 2.32 bits per heavy atom. The fraction of sp³-hybridized carbons (Fsp3) is 0.533. The number of amides is 1. The molecule has 0 saturated heterocycles. The van der Waals surface area contributed by atoms with E-state index in [0.717, 1.165) is 0 Å². The van der Waals surface area contributed by atoms with Gasteiger partial charge in [-0.05, 0) is 49.4 Å². The molecule has 0 aliphatic heterocycles. The van der Waals surface area contributed by atoms with E-state index in [0.29, 0.717) is 29.0 Å². The summed E-state index contributed by atoms with van der Waals surface area (Å²) in [6.07, 6.45) is 0.0912. The maximum Gasteiger partial charge on any atom is 0.251 e. The fourth-order valence-corrected chi connectivity index (χ4v) is 2.02. The molecule has 1 unspecified atom stereocenters. The van der Waals surface area contributed by atoms with Crippen LogP contribution in [0.1, 0.15) is 41.8 Å². The number of aryl methyl sites for hydroxylation is 2. The third kappa shape index (κ3) is 4.63. The maximum atomic E-state index is 13.5. The highest BCUT2D eigenvalue weighted by Crippen LogP contribution is 2.14. The van der Waals surface area contributed by atoms with Crippen LogP contribution in [0, 0.1) is 25.6 Å². The van der Waals surface area contributed by atoms with E-state index in [2.05, 4.69) is 5.32 Å². The van der Waals surface area contributed by atoms with Crippen molar-refractivity contribution in [1.29, 1.82) is 0 Å². The number of halogens is 1. The largest absolute Gasteiger partial charge is 0.391 e. The lowest BCUT2D eigenvalue weighted by atomic mass is 10.0. The van der Waals surface area contributed by atoms with Gasteiger partial charge >= 0.3 is 0 Å². The topological polar surface area (TPSA) is 49.3 Å². The maximum absolute atomic E-state index is 13.5. The lowest BCUT2D eigenvalue weighted by Gasteiger charge is -2.14. The van der Waals surface area contributed by atoms with Gasteiger partial charge in [-0.25, -0.2) is 4.39 Å². The van der Waals surface area contributed by atoms with Crippen molar-refractivity contribution in [1.82, 2.24) is 5.32 Å². The molecule has 1 aromatic carbocycles. The average molecular weight is 267 g/mol. The minimum Gasteiger partial charge on any atom is -0.391 e. The molecule has 0 heterocycles. The number of aliphatic hydroxyl groups is 1. The quantitative estimate of drug-likeness (QED) is 0.861. The fourth-order valence-electron chi connectivity index (χ4n) is 2.02. The molecule has 0 radical (unpaired) electrons. The van der Waals surface area contributed by atoms with Gasteiger partial charge in [-0.15, -0.1) is 0 Å². The first-order valence-electron chi connectivity index (χ1n) is 6.54. The second kappa shape index (κ2) is 6.66. The minimum absolute atomic E-state index is 0.215. The lowest BCUT2D eigenvalue weighted by molar-refractivity contribution is 0.0900. The lowest BCUT2D eigenvalue weighted by Crippen LogP contribution is -2.32. The second-order valence-electron chi connectivity index (χ2n) is 5.42. The molecule has 2 N–H and O–H groups in total. The number of aliphatic hydroxyl groups excluding tert-OH is 1. The Balaban J connectivity index is 2.64. The van der Waals surface area contributed by atoms with E-state index in [4.69, 9.17) is 0 Å². The van der Waals surface area contributed by atoms with Crippen molar-refractivity contribution < 1.29 is 14.3 Å². The Labute approximate surface area is 113 Å². The smallest absolute Gasteiger partial charge is 0.251 e. The van der Waals surface area contributed by atoms with Crippen molar-refractivity contribution in [3.63, 3.8) is 0 Å². The molecule has 0 aromatic heterocycles. The van der Waals surface area contributed by atoms with Crippen LogP contribution >= 0.6 is 0 Å². The molecule has 0 fully saturated rings. The number of carbonyl (C=O) groups is 1. The molecule has 0 aliphatic rings. The van der Waals surface area contributed by atoms with E-state index in [-0.39, 0.29) is 18.3 Å². The summed E-state index contributed by atoms with van der Waals surface area (Å²) in [5.41, 5.74) is 1.33. The summed E-state index contributed by atoms with van der Waals surface area (Å²) < 4.78 is 13.5. The van der Waals surface area contributed by atoms with Crippen LogP contribution in [0.2, 0.25) is 0 Å². The van der Waals surface area contributed by atoms with E-state index in [1.165, 1.54) is 12.1 Å². The Morgan fingerprint density at radius 1 is 1.32 bits per heavy atom. The normalized spacial score (nSPS) is 12.6. The van der Waals surface area contributed by atoms with Crippen molar-refractivity contribution in [2.24, 2.45) is 5.92 Å². The standard InChI is InChI=1S/C15H22FNO2/c1-9(2)5-13(18)8-17-15(19)12-6-10(3)14(16)11(4)7-12/h6-7,9,13,18H,5,8H2,1-4H3,(H,17,19). The van der Waals surface area contributed by atoms with Crippen LogP contribution in [-0.2, 0) is 0 Å². The van der Waals surface area contributed by atoms with Gasteiger partial charge in [0.2, 0.25) is 0 Å². The zero-order valence-electron chi connectivity index (χ0n) is 12.0. The molecular weight excluding hydrogens is 245 g/mol. The first kappa shape index (κ1) is 15.6. The number of nitrogens with one attached hydrogen (secondary N) is 1. The van der Waals surface area contributed by atoms with Crippen molar-refractivity contribution in [2.75, 3.05) is 6.54 Å². The monoisotopic (exact) mass is 267 g/mol. The predicted molar refractivity (Wildman–Crippen MR) is 73.7 cm³/mol. The van der Waals surface area contributed by atoms with Gasteiger partial charge in [0, 0.05) is 12.1 Å². The molecule has 19 heavy (non-hydrogen) atoms. The van der Waals surface area contributed by atoms with Gasteiger partial charge in [0.1, 0.15) is 5.82 Å². The van der Waals surface area contributed by atoms with Gasteiger partial charge in [-0.3, -0.25) is 4.79 Å². The molecule has 1 rings (SSSR count). The molecule has 1 amide bonds. The molecule has 0 spiro atoms. The molecular formula is C15H22FNO2. The van der Waals surface area contributed by atoms with Crippen LogP contribution in [0.25, 0.3) is 0 Å². The summed E-state index contributed by atoms with van der Waals surface area (Å²) in [7, 11) is 0. The highest BCUT2D eigenvalue weighted by Gasteiger charge is 2.13. The molecule has 0 aliphatic carbocycles. The highest BCUT2D eigenvalue weighted by molar-refractivity contribution is 5.94. The second-order valence-corrected chi connectivity index (χ2v) is 5.42. The third-order valence-corrected chi connectivity index (χ3v) is 2.94. The number of carbonyl (C=O) groups excluding carboxylic acids is 1. The van der Waals surface area contributed by atoms with Crippen LogP contribution in [0.5, 0.6) is 0 Å². The number of hydrogen-bond donors (Lipinski definition) is 2. The third-order valence-electron chi connectivity index (χ3n) is 2.94. The highest BCUT2D eigenvalue weighted by atomic mass is 19.1. The minimum atomic E-state index is -0.549. The predicted octanol–water partition coefficient (Wildman–Crippen LogP) is 2.58. The Morgan fingerprint density at radius 2 is 1.84 bits per heavy atom. The average Bonchev–Trinajstić information content (AvgIpc) is 2.31. The molecule has 106 valence electrons. The molecule has 1 aromatic rings. The summed E-state index contributed by atoms with van der Waals surface area (Å²) in [5, 5.41) is 12.4. The number of benzene rings is 1. The Kier molecular flexibility index (Phi) is 5.48. The number of hydrogen-bond acceptors (Lipinski definition) is 2. The van der Waals surface area contributed by atoms with E-state index >= 15 is 0 Å². The summed E-state index contributed by atoms with van der Waals surface area (Å²) in [5.74, 6) is -0.187.